The van der Waals surface area contributed by atoms with E-state index in [1.165, 1.54) is 13.8 Å². The molecule has 0 N–H and O–H groups in total. The Bertz CT molecular complexity index is 2790. The number of carbonyl (C=O) groups is 4. The van der Waals surface area contributed by atoms with E-state index in [0.29, 0.717) is 9.80 Å². The molecule has 0 aromatic heterocycles. The predicted molar refractivity (Wildman–Crippen MR) is 173 cm³/mol. The molecule has 1 fully saturated rings. The lowest BCUT2D eigenvalue weighted by atomic mass is 9.85. The molecule has 2 unspecified atom stereocenters. The van der Waals surface area contributed by atoms with Gasteiger partial charge in [-0.3, -0.25) is 29.0 Å². The van der Waals surface area contributed by atoms with Crippen molar-refractivity contribution in [3.8, 4) is 22.6 Å². The maximum absolute atomic E-state index is 12.8. The largest absolute Gasteiger partial charge is 0.457 e. The van der Waals surface area contributed by atoms with E-state index in [2.05, 4.69) is 0 Å². The first-order valence-electron chi connectivity index (χ1n) is 22.3. The van der Waals surface area contributed by atoms with E-state index in [1.54, 1.807) is 0 Å². The molecule has 2 atom stereocenters. The molecule has 45 heavy (non-hydrogen) atoms. The fourth-order valence-electron chi connectivity index (χ4n) is 4.33. The van der Waals surface area contributed by atoms with Crippen LogP contribution < -0.4 is 4.74 Å². The van der Waals surface area contributed by atoms with Crippen molar-refractivity contribution in [3.05, 3.63) is 136 Å². The highest BCUT2D eigenvalue weighted by molar-refractivity contribution is 6.21. The number of nitrogens with zero attached hydrogens (tertiary/aromatic N) is 2. The van der Waals surface area contributed by atoms with Crippen LogP contribution in [-0.4, -0.2) is 47.5 Å². The first-order chi connectivity index (χ1) is 29.2. The molecular weight excluding hydrogens is 564 g/mol. The summed E-state index contributed by atoms with van der Waals surface area (Å²) in [5.74, 6) is -5.90. The van der Waals surface area contributed by atoms with Crippen LogP contribution in [0.25, 0.3) is 16.7 Å². The van der Waals surface area contributed by atoms with Gasteiger partial charge in [-0.1, -0.05) is 71.6 Å². The third-order valence-electron chi connectivity index (χ3n) is 6.76. The van der Waals surface area contributed by atoms with Gasteiger partial charge >= 0.3 is 0 Å². The van der Waals surface area contributed by atoms with Crippen LogP contribution in [-0.2, 0) is 9.59 Å². The van der Waals surface area contributed by atoms with Gasteiger partial charge in [-0.25, -0.2) is 0 Å². The SMILES string of the molecule is [2H]C1=C(c2c([2H])c([2H])c([2H])c(-c3c([2H])c([2H])c4c(c3[2H])C(=O)N(C)C4=O)c2[2H])C([2H])C2C(=O)N(C)C(=O)C2=C1[2H].[2H]c1c([2H])c(Oc2c([2H])c([2H])c(C)c([2H])c2[2H])c([2H])c([2H])c1C. The van der Waals surface area contributed by atoms with Crippen molar-refractivity contribution in [2.45, 2.75) is 20.2 Å². The van der Waals surface area contributed by atoms with E-state index >= 15 is 0 Å². The molecule has 0 saturated carbocycles. The molecule has 0 spiro atoms. The first-order valence-corrected chi connectivity index (χ1v) is 13.2. The third-order valence-corrected chi connectivity index (χ3v) is 6.76. The van der Waals surface area contributed by atoms with E-state index in [0.717, 1.165) is 14.1 Å². The topological polar surface area (TPSA) is 84.0 Å². The molecule has 7 rings (SSSR count). The second-order valence-electron chi connectivity index (χ2n) is 9.85. The van der Waals surface area contributed by atoms with Gasteiger partial charge in [0.1, 0.15) is 11.5 Å². The number of imide groups is 2. The van der Waals surface area contributed by atoms with Crippen molar-refractivity contribution in [3.63, 3.8) is 0 Å². The molecule has 1 aliphatic carbocycles. The van der Waals surface area contributed by atoms with Gasteiger partial charge in [0, 0.05) is 21.0 Å². The predicted octanol–water partition coefficient (Wildman–Crippen LogP) is 7.00. The van der Waals surface area contributed by atoms with Gasteiger partial charge in [0.15, 0.2) is 0 Å². The molecule has 3 aliphatic rings. The Morgan fingerprint density at radius 1 is 0.667 bits per heavy atom. The molecule has 0 radical (unpaired) electrons. The molecule has 2 aliphatic heterocycles. The minimum absolute atomic E-state index is 0.163. The van der Waals surface area contributed by atoms with E-state index < -0.39 is 159 Å². The third kappa shape index (κ3) is 5.72. The van der Waals surface area contributed by atoms with Crippen molar-refractivity contribution in [2.75, 3.05) is 14.1 Å². The van der Waals surface area contributed by atoms with Crippen LogP contribution in [0, 0.1) is 19.8 Å². The van der Waals surface area contributed by atoms with Crippen molar-refractivity contribution in [2.24, 2.45) is 5.92 Å². The van der Waals surface area contributed by atoms with Gasteiger partial charge in [-0.2, -0.15) is 0 Å². The number of hydrogen-bond donors (Lipinski definition) is 0. The lowest BCUT2D eigenvalue weighted by molar-refractivity contribution is -0.137. The first kappa shape index (κ1) is 14.9. The Kier molecular flexibility index (Phi) is 3.94. The van der Waals surface area contributed by atoms with Gasteiger partial charge < -0.3 is 4.74 Å². The van der Waals surface area contributed by atoms with Crippen LogP contribution in [0.4, 0.5) is 0 Å². The summed E-state index contributed by atoms with van der Waals surface area (Å²) >= 11 is 0. The fraction of sp³-hybridized carbons (Fsp3) is 0.158. The molecule has 2 heterocycles. The average molecular weight is 615 g/mol. The minimum atomic E-state index is -1.75. The van der Waals surface area contributed by atoms with E-state index in [-0.39, 0.29) is 40.9 Å². The number of allylic oxidation sites excluding steroid dienone is 3. The van der Waals surface area contributed by atoms with Crippen LogP contribution in [0.5, 0.6) is 11.5 Å². The monoisotopic (exact) mass is 614 g/mol. The summed E-state index contributed by atoms with van der Waals surface area (Å²) in [4.78, 5) is 51.9. The lowest BCUT2D eigenvalue weighted by Gasteiger charge is -2.17. The lowest BCUT2D eigenvalue weighted by Crippen LogP contribution is -2.25. The zero-order chi connectivity index (χ0) is 47.5. The summed E-state index contributed by atoms with van der Waals surface area (Å²) in [6, 6.07) is -9.83. The van der Waals surface area contributed by atoms with Gasteiger partial charge in [-0.15, -0.1) is 0 Å². The number of rotatable bonds is 4. The molecule has 7 heteroatoms. The van der Waals surface area contributed by atoms with Crippen LogP contribution in [0.3, 0.4) is 0 Å². The molecule has 1 saturated heterocycles. The fourth-order valence-corrected chi connectivity index (χ4v) is 4.33. The Balaban J connectivity index is 0.000000244. The Labute approximate surface area is 287 Å². The number of amides is 4. The van der Waals surface area contributed by atoms with Crippen LogP contribution in [0.2, 0.25) is 0 Å². The second-order valence-corrected chi connectivity index (χ2v) is 9.85. The van der Waals surface area contributed by atoms with Crippen LogP contribution in [0.1, 0.15) is 68.5 Å². The van der Waals surface area contributed by atoms with Gasteiger partial charge in [0.2, 0.25) is 5.91 Å². The van der Waals surface area contributed by atoms with Crippen molar-refractivity contribution in [1.29, 1.82) is 0 Å². The molecular formula is C38H32N2O5. The Morgan fingerprint density at radius 3 is 1.89 bits per heavy atom. The van der Waals surface area contributed by atoms with Gasteiger partial charge in [-0.05, 0) is 84.8 Å². The molecule has 224 valence electrons. The summed E-state index contributed by atoms with van der Waals surface area (Å²) in [6.45, 7) is 2.90. The smallest absolute Gasteiger partial charge is 0.261 e. The van der Waals surface area contributed by atoms with Gasteiger partial charge in [0.05, 0.1) is 40.3 Å². The molecule has 4 aromatic rings. The van der Waals surface area contributed by atoms with Crippen LogP contribution >= 0.6 is 0 Å². The summed E-state index contributed by atoms with van der Waals surface area (Å²) in [7, 11) is 2.28. The maximum Gasteiger partial charge on any atom is 0.261 e. The second kappa shape index (κ2) is 11.8. The summed E-state index contributed by atoms with van der Waals surface area (Å²) < 4.78 is 153. The number of ether oxygens (including phenoxy) is 1. The zero-order valence-corrected chi connectivity index (χ0v) is 24.1. The maximum atomic E-state index is 12.8. The number of benzene rings is 4. The summed E-state index contributed by atoms with van der Waals surface area (Å²) in [5, 5.41) is 0. The average Bonchev–Trinajstić information content (AvgIpc) is 3.62. The molecule has 7 nitrogen and oxygen atoms in total. The number of likely N-dealkylation sites (N-methyl/N-ethyl adjacent to an activating group) is 1. The van der Waals surface area contributed by atoms with E-state index in [1.807, 2.05) is 0 Å². The minimum Gasteiger partial charge on any atom is -0.457 e. The summed E-state index contributed by atoms with van der Waals surface area (Å²) in [5.41, 5.74) is -3.41. The van der Waals surface area contributed by atoms with Crippen LogP contribution in [0.15, 0.2) is 108 Å². The highest BCUT2D eigenvalue weighted by Gasteiger charge is 2.42. The standard InChI is InChI=1S/C24H18N2O4.C14H14O/c1-25-21(27)17-8-6-15(11-19(17)23(25)29)13-4-3-5-14(10-13)16-7-9-18-20(12-16)24(30)26(2)22(18)28;1-11-3-7-13(8-4-11)15-14-9-5-12(2)6-10-14/h3-11,20H,12H2,1-2H3;3-10H,1-2H3/i3D,4D,5D,6D,7D,8D,9D,10D,11D,12D;3D,4D,5D,6D,7D,8D,9D,10D. The number of likely N-dealkylation sites (tertiary alicyclic amines) is 1. The quantitative estimate of drug-likeness (QED) is 0.231. The molecule has 4 aromatic carbocycles. The molecule has 4 amide bonds. The normalized spacial score (nSPS) is 24.6. The highest BCUT2D eigenvalue weighted by atomic mass is 16.5. The number of fused-ring (bicyclic) bond motifs is 2. The number of carbonyl (C=O) groups excluding carboxylic acids is 4. The molecule has 0 bridgehead atoms. The van der Waals surface area contributed by atoms with Crippen molar-refractivity contribution >= 4 is 29.2 Å². The number of hydrogen-bond acceptors (Lipinski definition) is 5. The van der Waals surface area contributed by atoms with Crippen molar-refractivity contribution < 1.29 is 48.6 Å². The van der Waals surface area contributed by atoms with E-state index in [4.69, 9.17) is 29.4 Å². The summed E-state index contributed by atoms with van der Waals surface area (Å²) in [6.07, 6.45) is -1.75. The van der Waals surface area contributed by atoms with Gasteiger partial charge in [0.25, 0.3) is 17.7 Å². The van der Waals surface area contributed by atoms with Crippen molar-refractivity contribution in [1.82, 2.24) is 9.80 Å². The zero-order valence-electron chi connectivity index (χ0n) is 42.1. The Morgan fingerprint density at radius 2 is 1.24 bits per heavy atom. The van der Waals surface area contributed by atoms with E-state index in [9.17, 15) is 19.2 Å². The highest BCUT2D eigenvalue weighted by Crippen LogP contribution is 2.38. The Hall–Kier alpha value is -5.56.